The maximum absolute atomic E-state index is 5.97. The summed E-state index contributed by atoms with van der Waals surface area (Å²) in [6.45, 7) is 0.789. The molecule has 0 aliphatic carbocycles. The van der Waals surface area contributed by atoms with Crippen LogP contribution >= 0.6 is 11.6 Å². The van der Waals surface area contributed by atoms with Gasteiger partial charge in [-0.05, 0) is 30.5 Å². The van der Waals surface area contributed by atoms with E-state index in [0.29, 0.717) is 12.1 Å². The summed E-state index contributed by atoms with van der Waals surface area (Å²) < 4.78 is 5.15. The maximum Gasteiger partial charge on any atom is 0.0616 e. The second kappa shape index (κ2) is 4.97. The van der Waals surface area contributed by atoms with E-state index in [1.165, 1.54) is 12.0 Å². The van der Waals surface area contributed by atoms with E-state index >= 15 is 0 Å². The second-order valence-corrected chi connectivity index (χ2v) is 4.44. The first-order valence-electron chi connectivity index (χ1n) is 5.30. The highest BCUT2D eigenvalue weighted by atomic mass is 35.5. The molecule has 1 heterocycles. The zero-order valence-electron chi connectivity index (χ0n) is 8.87. The fourth-order valence-corrected chi connectivity index (χ4v) is 2.34. The third-order valence-corrected chi connectivity index (χ3v) is 3.09. The number of nitrogens with one attached hydrogen (secondary N) is 1. The molecular weight excluding hydrogens is 210 g/mol. The Labute approximate surface area is 95.6 Å². The van der Waals surface area contributed by atoms with Crippen molar-refractivity contribution < 1.29 is 4.74 Å². The molecule has 0 saturated carbocycles. The van der Waals surface area contributed by atoms with E-state index in [4.69, 9.17) is 16.3 Å². The molecule has 1 aromatic carbocycles. The highest BCUT2D eigenvalue weighted by molar-refractivity contribution is 6.30. The molecule has 0 bridgehead atoms. The highest BCUT2D eigenvalue weighted by Gasteiger charge is 2.24. The molecule has 2 nitrogen and oxygen atoms in total. The van der Waals surface area contributed by atoms with Crippen molar-refractivity contribution in [1.82, 2.24) is 5.32 Å². The number of benzene rings is 1. The molecule has 1 N–H and O–H groups in total. The Kier molecular flexibility index (Phi) is 3.62. The van der Waals surface area contributed by atoms with Crippen LogP contribution in [0.25, 0.3) is 0 Å². The molecule has 15 heavy (non-hydrogen) atoms. The van der Waals surface area contributed by atoms with Crippen molar-refractivity contribution in [3.8, 4) is 0 Å². The number of hydrogen-bond donors (Lipinski definition) is 1. The Morgan fingerprint density at radius 1 is 1.47 bits per heavy atom. The standard InChI is InChI=1S/C12H16ClNO/c1-15-8-11-5-6-12(14-11)9-3-2-4-10(13)7-9/h2-4,7,11-12,14H,5-6,8H2,1H3. The van der Waals surface area contributed by atoms with Gasteiger partial charge in [-0.1, -0.05) is 23.7 Å². The van der Waals surface area contributed by atoms with Gasteiger partial charge in [0.25, 0.3) is 0 Å². The predicted octanol–water partition coefficient (Wildman–Crippen LogP) is 2.78. The lowest BCUT2D eigenvalue weighted by molar-refractivity contribution is 0.172. The lowest BCUT2D eigenvalue weighted by Gasteiger charge is -2.14. The molecule has 82 valence electrons. The Hall–Kier alpha value is -0.570. The van der Waals surface area contributed by atoms with Gasteiger partial charge in [-0.15, -0.1) is 0 Å². The van der Waals surface area contributed by atoms with Gasteiger partial charge in [0, 0.05) is 24.2 Å². The summed E-state index contributed by atoms with van der Waals surface area (Å²) in [6, 6.07) is 8.99. The zero-order valence-corrected chi connectivity index (χ0v) is 9.63. The first-order valence-corrected chi connectivity index (χ1v) is 5.68. The quantitative estimate of drug-likeness (QED) is 0.854. The van der Waals surface area contributed by atoms with E-state index in [1.54, 1.807) is 7.11 Å². The minimum Gasteiger partial charge on any atom is -0.383 e. The molecule has 0 radical (unpaired) electrons. The molecule has 2 atom stereocenters. The minimum absolute atomic E-state index is 0.434. The first kappa shape index (κ1) is 10.9. The summed E-state index contributed by atoms with van der Waals surface area (Å²) >= 11 is 5.97. The van der Waals surface area contributed by atoms with Crippen molar-refractivity contribution in [3.63, 3.8) is 0 Å². The van der Waals surface area contributed by atoms with Gasteiger partial charge in [0.15, 0.2) is 0 Å². The molecule has 2 unspecified atom stereocenters. The van der Waals surface area contributed by atoms with Crippen molar-refractivity contribution in [1.29, 1.82) is 0 Å². The van der Waals surface area contributed by atoms with Gasteiger partial charge in [-0.25, -0.2) is 0 Å². The van der Waals surface area contributed by atoms with Crippen LogP contribution in [-0.2, 0) is 4.74 Å². The van der Waals surface area contributed by atoms with Crippen LogP contribution in [0.1, 0.15) is 24.4 Å². The van der Waals surface area contributed by atoms with Gasteiger partial charge >= 0.3 is 0 Å². The fraction of sp³-hybridized carbons (Fsp3) is 0.500. The smallest absolute Gasteiger partial charge is 0.0616 e. The summed E-state index contributed by atoms with van der Waals surface area (Å²) in [5, 5.41) is 4.36. The molecule has 1 aliphatic heterocycles. The molecule has 0 spiro atoms. The van der Waals surface area contributed by atoms with Crippen LogP contribution in [0.5, 0.6) is 0 Å². The van der Waals surface area contributed by atoms with Gasteiger partial charge in [0.05, 0.1) is 6.61 Å². The van der Waals surface area contributed by atoms with Crippen LogP contribution in [-0.4, -0.2) is 19.8 Å². The van der Waals surface area contributed by atoms with Crippen LogP contribution in [0.2, 0.25) is 5.02 Å². The van der Waals surface area contributed by atoms with E-state index < -0.39 is 0 Å². The lowest BCUT2D eigenvalue weighted by atomic mass is 10.1. The summed E-state index contributed by atoms with van der Waals surface area (Å²) in [4.78, 5) is 0. The fourth-order valence-electron chi connectivity index (χ4n) is 2.14. The normalized spacial score (nSPS) is 25.7. The third-order valence-electron chi connectivity index (χ3n) is 2.86. The van der Waals surface area contributed by atoms with Crippen LogP contribution in [0.3, 0.4) is 0 Å². The van der Waals surface area contributed by atoms with Crippen LogP contribution in [0, 0.1) is 0 Å². The van der Waals surface area contributed by atoms with E-state index in [2.05, 4.69) is 11.4 Å². The summed E-state index contributed by atoms with van der Waals surface area (Å²) in [5.41, 5.74) is 1.28. The topological polar surface area (TPSA) is 21.3 Å². The summed E-state index contributed by atoms with van der Waals surface area (Å²) in [7, 11) is 1.74. The number of methoxy groups -OCH3 is 1. The monoisotopic (exact) mass is 225 g/mol. The van der Waals surface area contributed by atoms with Gasteiger partial charge < -0.3 is 10.1 Å². The molecule has 3 heteroatoms. The molecule has 0 amide bonds. The molecular formula is C12H16ClNO. The average molecular weight is 226 g/mol. The molecule has 1 aliphatic rings. The van der Waals surface area contributed by atoms with E-state index in [0.717, 1.165) is 18.1 Å². The van der Waals surface area contributed by atoms with Crippen LogP contribution in [0.4, 0.5) is 0 Å². The molecule has 0 aromatic heterocycles. The van der Waals surface area contributed by atoms with Crippen molar-refractivity contribution in [2.45, 2.75) is 24.9 Å². The van der Waals surface area contributed by atoms with Gasteiger partial charge in [0.1, 0.15) is 0 Å². The number of ether oxygens (including phenoxy) is 1. The minimum atomic E-state index is 0.434. The van der Waals surface area contributed by atoms with Crippen LogP contribution in [0.15, 0.2) is 24.3 Å². The van der Waals surface area contributed by atoms with Gasteiger partial charge in [-0.2, -0.15) is 0 Å². The molecule has 1 fully saturated rings. The van der Waals surface area contributed by atoms with Crippen LogP contribution < -0.4 is 5.32 Å². The summed E-state index contributed by atoms with van der Waals surface area (Å²) in [5.74, 6) is 0. The lowest BCUT2D eigenvalue weighted by Crippen LogP contribution is -2.28. The van der Waals surface area contributed by atoms with Crippen molar-refractivity contribution in [2.75, 3.05) is 13.7 Å². The largest absolute Gasteiger partial charge is 0.383 e. The Bertz CT molecular complexity index is 329. The molecule has 1 aromatic rings. The SMILES string of the molecule is COCC1CCC(c2cccc(Cl)c2)N1. The average Bonchev–Trinajstić information content (AvgIpc) is 2.67. The zero-order chi connectivity index (χ0) is 10.7. The van der Waals surface area contributed by atoms with Gasteiger partial charge in [0.2, 0.25) is 0 Å². The third kappa shape index (κ3) is 2.71. The first-order chi connectivity index (χ1) is 7.29. The number of rotatable bonds is 3. The number of halogens is 1. The molecule has 1 saturated heterocycles. The van der Waals surface area contributed by atoms with Gasteiger partial charge in [-0.3, -0.25) is 0 Å². The Morgan fingerprint density at radius 3 is 3.07 bits per heavy atom. The van der Waals surface area contributed by atoms with E-state index in [9.17, 15) is 0 Å². The maximum atomic E-state index is 5.97. The molecule has 2 rings (SSSR count). The van der Waals surface area contributed by atoms with E-state index in [-0.39, 0.29) is 0 Å². The Morgan fingerprint density at radius 2 is 2.33 bits per heavy atom. The second-order valence-electron chi connectivity index (χ2n) is 4.00. The number of hydrogen-bond acceptors (Lipinski definition) is 2. The Balaban J connectivity index is 2.01. The van der Waals surface area contributed by atoms with Crippen molar-refractivity contribution in [2.24, 2.45) is 0 Å². The predicted molar refractivity (Wildman–Crippen MR) is 62.2 cm³/mol. The highest BCUT2D eigenvalue weighted by Crippen LogP contribution is 2.27. The van der Waals surface area contributed by atoms with Crippen molar-refractivity contribution in [3.05, 3.63) is 34.9 Å². The van der Waals surface area contributed by atoms with Crippen molar-refractivity contribution >= 4 is 11.6 Å². The van der Waals surface area contributed by atoms with E-state index in [1.807, 2.05) is 18.2 Å². The summed E-state index contributed by atoms with van der Waals surface area (Å²) in [6.07, 6.45) is 2.33.